The molecule has 4 aliphatic rings. The van der Waals surface area contributed by atoms with Gasteiger partial charge in [0.15, 0.2) is 0 Å². The van der Waals surface area contributed by atoms with Crippen LogP contribution < -0.4 is 62.0 Å². The molecule has 0 saturated carbocycles. The van der Waals surface area contributed by atoms with Gasteiger partial charge in [-0.05, 0) is 0 Å². The molecule has 16 aromatic carbocycles. The Bertz CT molecular complexity index is 7200. The maximum absolute atomic E-state index is 8.02. The third-order valence-corrected chi connectivity index (χ3v) is 32.3. The molecule has 0 bridgehead atoms. The van der Waals surface area contributed by atoms with Gasteiger partial charge in [0.25, 0.3) is 0 Å². The molecule has 12 heteroatoms. The minimum atomic E-state index is -0.207. The second-order valence-electron chi connectivity index (χ2n) is 28.6. The molecular weight excluding hydrogens is 1580 g/mol. The topological polar surface area (TPSA) is 25.4 Å². The van der Waals surface area contributed by atoms with Gasteiger partial charge in [0, 0.05) is 0 Å². The second kappa shape index (κ2) is 24.0. The zero-order valence-electron chi connectivity index (χ0n) is 57.8. The standard InChI is InChI=1S/C96H57B2N5OSe4/c1-4-22-58(23-5-1)99(61-40-44-71-67-28-10-18-36-87(67)105-91(71)52-61)65-48-82-95-83(49-65)102(63-42-46-73-69-30-12-20-38-89(69)107-93(73)54-63)79-34-16-14-32-75(79)97(95)77-56-78-85(57-81(77)101(82)60-26-8-3-9-27-60)104-86-51-66(100(59-24-6-2-7-25-59)62-41-45-72-68-29-11-19-37-88(68)106-92(72)53-62)50-84-96(86)98(78)76-33-15-17-35-80(76)103(84)64-43-47-74-70-31-13-21-39-90(70)108-94(74)55-64/h1-57H. The van der Waals surface area contributed by atoms with Crippen molar-refractivity contribution in [3.63, 3.8) is 0 Å². The Morgan fingerprint density at radius 1 is 0.213 bits per heavy atom. The van der Waals surface area contributed by atoms with E-state index in [1.807, 2.05) is 0 Å². The zero-order valence-corrected chi connectivity index (χ0v) is 64.7. The number of para-hydroxylation sites is 5. The number of hydrogen-bond acceptors (Lipinski definition) is 6. The summed E-state index contributed by atoms with van der Waals surface area (Å²) in [5.74, 6) is 1.69. The molecule has 0 unspecified atom stereocenters. The summed E-state index contributed by atoms with van der Waals surface area (Å²) in [7, 11) is 0. The van der Waals surface area contributed by atoms with Gasteiger partial charge in [-0.2, -0.15) is 0 Å². The zero-order chi connectivity index (χ0) is 70.4. The quantitative estimate of drug-likeness (QED) is 0.134. The Balaban J connectivity index is 0.764. The van der Waals surface area contributed by atoms with Crippen LogP contribution in [0.15, 0.2) is 346 Å². The van der Waals surface area contributed by atoms with Crippen molar-refractivity contribution in [2.45, 2.75) is 0 Å². The van der Waals surface area contributed by atoms with Crippen molar-refractivity contribution >= 4 is 267 Å². The van der Waals surface area contributed by atoms with Gasteiger partial charge < -0.3 is 0 Å². The average Bonchev–Trinajstić information content (AvgIpc) is 0.716. The van der Waals surface area contributed by atoms with Gasteiger partial charge >= 0.3 is 653 Å². The van der Waals surface area contributed by atoms with Crippen LogP contribution in [0.25, 0.3) is 77.2 Å². The van der Waals surface area contributed by atoms with Crippen molar-refractivity contribution in [2.24, 2.45) is 0 Å². The summed E-state index contributed by atoms with van der Waals surface area (Å²) in [5, 5.41) is 10.7. The fourth-order valence-electron chi connectivity index (χ4n) is 18.2. The van der Waals surface area contributed by atoms with E-state index in [-0.39, 0.29) is 71.4 Å². The number of ether oxygens (including phenoxy) is 1. The van der Waals surface area contributed by atoms with E-state index < -0.39 is 0 Å². The SMILES string of the molecule is c1ccc(N(c2cc3c4c(c2)N(c2ccc5c(c2)[se]c2ccccc25)c2ccccc2B4c2cc4c(cc2O3)N(c2ccccc2)c2cc(N(c3ccccc3)c3ccc5c(c3)[se]c3ccccc35)cc3c2B4c2ccccc2N3c2ccc3c(c2)[se]c2ccccc23)c2ccc3c(c2)[se]c2ccccc23)cc1. The Kier molecular flexibility index (Phi) is 13.7. The molecule has 0 radical (unpaired) electrons. The van der Waals surface area contributed by atoms with Crippen molar-refractivity contribution in [3.05, 3.63) is 346 Å². The molecule has 4 aromatic heterocycles. The van der Waals surface area contributed by atoms with Crippen LogP contribution in [-0.4, -0.2) is 71.4 Å². The van der Waals surface area contributed by atoms with Crippen LogP contribution in [0, 0.1) is 0 Å². The molecule has 0 saturated heterocycles. The van der Waals surface area contributed by atoms with Crippen LogP contribution in [0.1, 0.15) is 0 Å². The monoisotopic (exact) mass is 1640 g/mol. The summed E-state index contributed by atoms with van der Waals surface area (Å²) >= 11 is 0.602. The van der Waals surface area contributed by atoms with Crippen molar-refractivity contribution < 1.29 is 4.74 Å². The normalized spacial score (nSPS) is 13.2. The molecule has 8 heterocycles. The molecule has 4 aliphatic heterocycles. The van der Waals surface area contributed by atoms with Gasteiger partial charge in [-0.15, -0.1) is 0 Å². The average molecular weight is 1630 g/mol. The molecule has 0 fully saturated rings. The van der Waals surface area contributed by atoms with Gasteiger partial charge in [-0.1, -0.05) is 0 Å². The summed E-state index contributed by atoms with van der Waals surface area (Å²) in [6.45, 7) is -0.398. The molecule has 0 spiro atoms. The Labute approximate surface area is 647 Å². The van der Waals surface area contributed by atoms with E-state index in [4.69, 9.17) is 4.74 Å². The second-order valence-corrected chi connectivity index (χ2v) is 37.7. The van der Waals surface area contributed by atoms with Gasteiger partial charge in [0.2, 0.25) is 0 Å². The first-order valence-corrected chi connectivity index (χ1v) is 43.6. The Morgan fingerprint density at radius 2 is 0.583 bits per heavy atom. The van der Waals surface area contributed by atoms with Gasteiger partial charge in [0.05, 0.1) is 0 Å². The van der Waals surface area contributed by atoms with Crippen molar-refractivity contribution in [1.82, 2.24) is 0 Å². The summed E-state index contributed by atoms with van der Waals surface area (Å²) in [5.41, 5.74) is 24.0. The van der Waals surface area contributed by atoms with Gasteiger partial charge in [0.1, 0.15) is 0 Å². The van der Waals surface area contributed by atoms with E-state index >= 15 is 0 Å². The number of anilines is 15. The van der Waals surface area contributed by atoms with E-state index in [0.717, 1.165) is 102 Å². The van der Waals surface area contributed by atoms with E-state index in [1.165, 1.54) is 105 Å². The Morgan fingerprint density at radius 3 is 1.06 bits per heavy atom. The maximum atomic E-state index is 8.02. The fourth-order valence-corrected chi connectivity index (χ4v) is 27.8. The van der Waals surface area contributed by atoms with Crippen LogP contribution in [0.5, 0.6) is 11.5 Å². The predicted octanol–water partition coefficient (Wildman–Crippen LogP) is 20.6. The summed E-state index contributed by atoms with van der Waals surface area (Å²) in [6.07, 6.45) is 0. The Hall–Kier alpha value is -11.5. The third kappa shape index (κ3) is 9.28. The fraction of sp³-hybridized carbons (Fsp3) is 0. The summed E-state index contributed by atoms with van der Waals surface area (Å²) in [6, 6.07) is 131. The van der Waals surface area contributed by atoms with Crippen LogP contribution >= 0.6 is 0 Å². The molecule has 6 nitrogen and oxygen atoms in total. The number of benzene rings is 16. The number of fused-ring (bicyclic) bond motifs is 20. The molecule has 502 valence electrons. The molecule has 20 aromatic rings. The third-order valence-electron chi connectivity index (χ3n) is 22.8. The van der Waals surface area contributed by atoms with E-state index in [2.05, 4.69) is 370 Å². The molecule has 108 heavy (non-hydrogen) atoms. The number of rotatable bonds is 9. The van der Waals surface area contributed by atoms with Crippen molar-refractivity contribution in [2.75, 3.05) is 24.5 Å². The van der Waals surface area contributed by atoms with Gasteiger partial charge in [-0.25, -0.2) is 0 Å². The summed E-state index contributed by atoms with van der Waals surface area (Å²) < 4.78 is 19.3. The minimum absolute atomic E-state index is 0.144. The van der Waals surface area contributed by atoms with Crippen LogP contribution in [0.4, 0.5) is 85.3 Å². The van der Waals surface area contributed by atoms with Crippen LogP contribution in [0.2, 0.25) is 0 Å². The first kappa shape index (κ1) is 61.7. The van der Waals surface area contributed by atoms with Crippen LogP contribution in [-0.2, 0) is 0 Å². The number of nitrogens with zero attached hydrogens (tertiary/aromatic N) is 5. The van der Waals surface area contributed by atoms with Crippen LogP contribution in [0.3, 0.4) is 0 Å². The van der Waals surface area contributed by atoms with Crippen molar-refractivity contribution in [1.29, 1.82) is 0 Å². The number of hydrogen-bond donors (Lipinski definition) is 0. The predicted molar refractivity (Wildman–Crippen MR) is 463 cm³/mol. The molecular formula is C96H57B2N5OSe4. The van der Waals surface area contributed by atoms with E-state index in [0.29, 0.717) is 0 Å². The molecule has 0 atom stereocenters. The molecule has 0 N–H and O–H groups in total. The molecule has 0 amide bonds. The molecule has 0 aliphatic carbocycles. The molecule has 24 rings (SSSR count). The van der Waals surface area contributed by atoms with Crippen molar-refractivity contribution in [3.8, 4) is 11.5 Å². The first-order chi connectivity index (χ1) is 53.5. The first-order valence-electron chi connectivity index (χ1n) is 36.7. The van der Waals surface area contributed by atoms with Gasteiger partial charge in [-0.3, -0.25) is 0 Å². The summed E-state index contributed by atoms with van der Waals surface area (Å²) in [4.78, 5) is 12.7. The van der Waals surface area contributed by atoms with E-state index in [9.17, 15) is 0 Å². The van der Waals surface area contributed by atoms with E-state index in [1.54, 1.807) is 0 Å².